The molecule has 36 heavy (non-hydrogen) atoms. The third kappa shape index (κ3) is 6.20. The summed E-state index contributed by atoms with van der Waals surface area (Å²) >= 11 is 12.3. The largest absolute Gasteiger partial charge is 0.493 e. The Morgan fingerprint density at radius 2 is 1.75 bits per heavy atom. The lowest BCUT2D eigenvalue weighted by molar-refractivity contribution is 0.0724. The van der Waals surface area contributed by atoms with Crippen LogP contribution in [0.2, 0.25) is 10.0 Å². The smallest absolute Gasteiger partial charge is 0.253 e. The van der Waals surface area contributed by atoms with Gasteiger partial charge in [-0.25, -0.2) is 0 Å². The molecule has 4 rings (SSSR count). The van der Waals surface area contributed by atoms with Crippen LogP contribution in [0.1, 0.15) is 46.3 Å². The molecule has 0 bridgehead atoms. The zero-order valence-corrected chi connectivity index (χ0v) is 21.5. The molecular weight excluding hydrogens is 495 g/mol. The Morgan fingerprint density at radius 3 is 2.42 bits per heavy atom. The van der Waals surface area contributed by atoms with Crippen molar-refractivity contribution in [1.82, 2.24) is 4.90 Å². The fourth-order valence-corrected chi connectivity index (χ4v) is 4.63. The molecule has 0 atom stereocenters. The first-order valence-electron chi connectivity index (χ1n) is 11.7. The number of nitriles is 1. The van der Waals surface area contributed by atoms with Crippen LogP contribution in [0.5, 0.6) is 11.5 Å². The van der Waals surface area contributed by atoms with E-state index in [1.54, 1.807) is 43.5 Å². The highest BCUT2D eigenvalue weighted by Gasteiger charge is 2.18. The normalized spacial score (nSPS) is 13.7. The third-order valence-electron chi connectivity index (χ3n) is 6.08. The molecule has 3 aromatic rings. The second-order valence-corrected chi connectivity index (χ2v) is 9.39. The fraction of sp³-hybridized carbons (Fsp3) is 0.241. The summed E-state index contributed by atoms with van der Waals surface area (Å²) in [6.07, 6.45) is 5.07. The van der Waals surface area contributed by atoms with E-state index in [9.17, 15) is 10.1 Å². The van der Waals surface area contributed by atoms with Crippen LogP contribution < -0.4 is 9.47 Å². The van der Waals surface area contributed by atoms with Gasteiger partial charge in [0.1, 0.15) is 6.61 Å². The Morgan fingerprint density at radius 1 is 1.00 bits per heavy atom. The molecule has 1 aliphatic rings. The van der Waals surface area contributed by atoms with E-state index in [0.29, 0.717) is 44.9 Å². The standard InChI is InChI=1S/C29H26Cl2N2O3/c1-35-28-16-21(15-23(18-32)25-11-10-24(30)17-26(25)31)7-12-27(28)36-19-20-5-8-22(9-6-20)29(34)33-13-3-2-4-14-33/h5-12,15-17H,2-4,13-14,19H2,1H3/b23-15-. The third-order valence-corrected chi connectivity index (χ3v) is 6.63. The maximum Gasteiger partial charge on any atom is 0.253 e. The van der Waals surface area contributed by atoms with E-state index >= 15 is 0 Å². The van der Waals surface area contributed by atoms with Crippen molar-refractivity contribution < 1.29 is 14.3 Å². The highest BCUT2D eigenvalue weighted by molar-refractivity contribution is 6.36. The summed E-state index contributed by atoms with van der Waals surface area (Å²) in [5, 5.41) is 10.6. The van der Waals surface area contributed by atoms with E-state index in [1.165, 1.54) is 6.42 Å². The lowest BCUT2D eigenvalue weighted by Gasteiger charge is -2.26. The van der Waals surface area contributed by atoms with Gasteiger partial charge in [0.2, 0.25) is 0 Å². The minimum atomic E-state index is 0.0871. The number of methoxy groups -OCH3 is 1. The Hall–Kier alpha value is -3.46. The van der Waals surface area contributed by atoms with Crippen molar-refractivity contribution >= 4 is 40.8 Å². The lowest BCUT2D eigenvalue weighted by Crippen LogP contribution is -2.35. The number of hydrogen-bond acceptors (Lipinski definition) is 4. The number of amides is 1. The first kappa shape index (κ1) is 25.6. The van der Waals surface area contributed by atoms with Crippen LogP contribution in [-0.4, -0.2) is 31.0 Å². The van der Waals surface area contributed by atoms with Gasteiger partial charge in [0.25, 0.3) is 5.91 Å². The molecule has 1 saturated heterocycles. The van der Waals surface area contributed by atoms with E-state index < -0.39 is 0 Å². The summed E-state index contributed by atoms with van der Waals surface area (Å²) in [4.78, 5) is 14.6. The van der Waals surface area contributed by atoms with Crippen molar-refractivity contribution in [2.45, 2.75) is 25.9 Å². The number of carbonyl (C=O) groups excluding carboxylic acids is 1. The van der Waals surface area contributed by atoms with Gasteiger partial charge < -0.3 is 14.4 Å². The number of ether oxygens (including phenoxy) is 2. The maximum atomic E-state index is 12.7. The average Bonchev–Trinajstić information content (AvgIpc) is 2.91. The van der Waals surface area contributed by atoms with Crippen LogP contribution in [0.25, 0.3) is 11.6 Å². The Labute approximate surface area is 221 Å². The van der Waals surface area contributed by atoms with Crippen molar-refractivity contribution in [1.29, 1.82) is 5.26 Å². The van der Waals surface area contributed by atoms with Gasteiger partial charge in [-0.1, -0.05) is 47.5 Å². The first-order valence-corrected chi connectivity index (χ1v) is 12.5. The van der Waals surface area contributed by atoms with E-state index in [4.69, 9.17) is 32.7 Å². The predicted octanol–water partition coefficient (Wildman–Crippen LogP) is 7.27. The van der Waals surface area contributed by atoms with E-state index in [-0.39, 0.29) is 5.91 Å². The molecule has 0 radical (unpaired) electrons. The molecule has 5 nitrogen and oxygen atoms in total. The minimum Gasteiger partial charge on any atom is -0.493 e. The molecule has 0 aromatic heterocycles. The molecule has 0 unspecified atom stereocenters. The van der Waals surface area contributed by atoms with Gasteiger partial charge in [-0.3, -0.25) is 4.79 Å². The Balaban J connectivity index is 1.45. The van der Waals surface area contributed by atoms with E-state index in [1.807, 2.05) is 35.2 Å². The summed E-state index contributed by atoms with van der Waals surface area (Å²) in [5.74, 6) is 1.20. The zero-order valence-electron chi connectivity index (χ0n) is 20.0. The first-order chi connectivity index (χ1) is 17.5. The topological polar surface area (TPSA) is 62.6 Å². The van der Waals surface area contributed by atoms with Crippen LogP contribution in [0.15, 0.2) is 60.7 Å². The van der Waals surface area contributed by atoms with Crippen molar-refractivity contribution in [3.8, 4) is 17.6 Å². The lowest BCUT2D eigenvalue weighted by atomic mass is 10.0. The number of piperidine rings is 1. The van der Waals surface area contributed by atoms with Gasteiger partial charge in [-0.05, 0) is 72.9 Å². The van der Waals surface area contributed by atoms with Crippen LogP contribution in [0, 0.1) is 11.3 Å². The van der Waals surface area contributed by atoms with Crippen molar-refractivity contribution in [3.63, 3.8) is 0 Å². The second kappa shape index (κ2) is 12.0. The highest BCUT2D eigenvalue weighted by Crippen LogP contribution is 2.32. The molecule has 3 aromatic carbocycles. The molecule has 1 aliphatic heterocycles. The summed E-state index contributed by atoms with van der Waals surface area (Å²) in [7, 11) is 1.57. The van der Waals surface area contributed by atoms with Gasteiger partial charge in [0, 0.05) is 29.2 Å². The van der Waals surface area contributed by atoms with Crippen molar-refractivity contribution in [2.24, 2.45) is 0 Å². The van der Waals surface area contributed by atoms with Crippen LogP contribution in [0.4, 0.5) is 0 Å². The number of benzene rings is 3. The number of halogens is 2. The quantitative estimate of drug-likeness (QED) is 0.242. The molecule has 184 valence electrons. The summed E-state index contributed by atoms with van der Waals surface area (Å²) in [6.45, 7) is 1.99. The van der Waals surface area contributed by atoms with Gasteiger partial charge >= 0.3 is 0 Å². The van der Waals surface area contributed by atoms with Gasteiger partial charge in [0.15, 0.2) is 11.5 Å². The van der Waals surface area contributed by atoms with Gasteiger partial charge in [-0.2, -0.15) is 5.26 Å². The molecule has 0 N–H and O–H groups in total. The summed E-state index contributed by atoms with van der Waals surface area (Å²) in [6, 6.07) is 20.2. The van der Waals surface area contributed by atoms with Crippen LogP contribution in [0.3, 0.4) is 0 Å². The molecular formula is C29H26Cl2N2O3. The summed E-state index contributed by atoms with van der Waals surface area (Å²) < 4.78 is 11.5. The number of nitrogens with zero attached hydrogens (tertiary/aromatic N) is 2. The average molecular weight is 521 g/mol. The minimum absolute atomic E-state index is 0.0871. The molecule has 1 heterocycles. The zero-order chi connectivity index (χ0) is 25.5. The van der Waals surface area contributed by atoms with Gasteiger partial charge in [-0.15, -0.1) is 0 Å². The summed E-state index contributed by atoms with van der Waals surface area (Å²) in [5.41, 5.74) is 3.42. The number of carbonyl (C=O) groups is 1. The predicted molar refractivity (Wildman–Crippen MR) is 143 cm³/mol. The number of allylic oxidation sites excluding steroid dienone is 1. The Bertz CT molecular complexity index is 1310. The second-order valence-electron chi connectivity index (χ2n) is 8.54. The number of rotatable bonds is 7. The number of likely N-dealkylation sites (tertiary alicyclic amines) is 1. The Kier molecular flexibility index (Phi) is 8.53. The highest BCUT2D eigenvalue weighted by atomic mass is 35.5. The number of hydrogen-bond donors (Lipinski definition) is 0. The molecule has 0 aliphatic carbocycles. The SMILES string of the molecule is COc1cc(/C=C(/C#N)c2ccc(Cl)cc2Cl)ccc1OCc1ccc(C(=O)N2CCCCC2)cc1. The molecule has 0 spiro atoms. The molecule has 1 amide bonds. The van der Waals surface area contributed by atoms with Crippen LogP contribution in [-0.2, 0) is 6.61 Å². The maximum absolute atomic E-state index is 12.7. The van der Waals surface area contributed by atoms with E-state index in [0.717, 1.165) is 37.1 Å². The monoisotopic (exact) mass is 520 g/mol. The van der Waals surface area contributed by atoms with Crippen molar-refractivity contribution in [3.05, 3.63) is 93.0 Å². The molecule has 7 heteroatoms. The fourth-order valence-electron chi connectivity index (χ4n) is 4.12. The molecule has 1 fully saturated rings. The molecule has 0 saturated carbocycles. The van der Waals surface area contributed by atoms with Crippen molar-refractivity contribution in [2.75, 3.05) is 20.2 Å². The van der Waals surface area contributed by atoms with E-state index in [2.05, 4.69) is 6.07 Å². The van der Waals surface area contributed by atoms with Crippen LogP contribution >= 0.6 is 23.2 Å². The van der Waals surface area contributed by atoms with Gasteiger partial charge in [0.05, 0.1) is 23.8 Å².